The van der Waals surface area contributed by atoms with Crippen LogP contribution in [0.5, 0.6) is 0 Å². The van der Waals surface area contributed by atoms with E-state index in [1.165, 1.54) is 6.33 Å². The lowest BCUT2D eigenvalue weighted by atomic mass is 10.1. The van der Waals surface area contributed by atoms with Crippen molar-refractivity contribution in [2.24, 2.45) is 0 Å². The molecule has 0 radical (unpaired) electrons. The largest absolute Gasteiger partial charge is 0.383 e. The molecule has 0 aliphatic heterocycles. The standard InChI is InChI=1S/C21H14ClN5O/c22-16-5-2-4-14(10-16)21(28)27-17-6-1-3-13(9-17)7-8-15-11-24-20-18(15)19(23)25-12-26-20/h1-6,9-12H,(H,27,28)(H3,23,24,25,26). The summed E-state index contributed by atoms with van der Waals surface area (Å²) in [5.74, 6) is 6.28. The van der Waals surface area contributed by atoms with Crippen LogP contribution in [0.1, 0.15) is 21.5 Å². The van der Waals surface area contributed by atoms with Crippen LogP contribution in [0, 0.1) is 11.8 Å². The van der Waals surface area contributed by atoms with Crippen molar-refractivity contribution in [2.75, 3.05) is 11.1 Å². The molecule has 2 aromatic carbocycles. The predicted molar refractivity (Wildman–Crippen MR) is 110 cm³/mol. The third kappa shape index (κ3) is 3.65. The molecule has 2 aromatic heterocycles. The number of H-pyrrole nitrogens is 1. The molecule has 0 atom stereocenters. The van der Waals surface area contributed by atoms with Crippen LogP contribution >= 0.6 is 11.6 Å². The number of carbonyl (C=O) groups excluding carboxylic acids is 1. The van der Waals surface area contributed by atoms with Crippen molar-refractivity contribution >= 4 is 40.0 Å². The van der Waals surface area contributed by atoms with Gasteiger partial charge >= 0.3 is 0 Å². The summed E-state index contributed by atoms with van der Waals surface area (Å²) >= 11 is 5.94. The molecule has 0 bridgehead atoms. The molecule has 0 saturated heterocycles. The first-order chi connectivity index (χ1) is 13.6. The van der Waals surface area contributed by atoms with Gasteiger partial charge in [0, 0.05) is 28.0 Å². The van der Waals surface area contributed by atoms with Crippen molar-refractivity contribution in [3.63, 3.8) is 0 Å². The number of carbonyl (C=O) groups is 1. The number of nitrogens with zero attached hydrogens (tertiary/aromatic N) is 2. The zero-order valence-electron chi connectivity index (χ0n) is 14.5. The predicted octanol–water partition coefficient (Wildman–Crippen LogP) is 3.85. The lowest BCUT2D eigenvalue weighted by molar-refractivity contribution is 0.102. The Bertz CT molecular complexity index is 1250. The lowest BCUT2D eigenvalue weighted by Gasteiger charge is -2.06. The number of nitrogens with two attached hydrogens (primary N) is 1. The van der Waals surface area contributed by atoms with Crippen LogP contribution in [-0.4, -0.2) is 20.9 Å². The zero-order chi connectivity index (χ0) is 19.5. The molecule has 0 aliphatic rings. The average molecular weight is 388 g/mol. The maximum Gasteiger partial charge on any atom is 0.255 e. The number of aromatic amines is 1. The van der Waals surface area contributed by atoms with Crippen molar-refractivity contribution in [3.05, 3.63) is 82.8 Å². The summed E-state index contributed by atoms with van der Waals surface area (Å²) in [5, 5.41) is 4.05. The fourth-order valence-electron chi connectivity index (χ4n) is 2.73. The van der Waals surface area contributed by atoms with Crippen LogP contribution in [0.3, 0.4) is 0 Å². The van der Waals surface area contributed by atoms with Gasteiger partial charge in [-0.05, 0) is 36.4 Å². The molecule has 7 heteroatoms. The Morgan fingerprint density at radius 3 is 2.82 bits per heavy atom. The first kappa shape index (κ1) is 17.6. The number of fused-ring (bicyclic) bond motifs is 1. The summed E-state index contributed by atoms with van der Waals surface area (Å²) in [6, 6.07) is 14.0. The van der Waals surface area contributed by atoms with Crippen LogP contribution in [-0.2, 0) is 0 Å². The van der Waals surface area contributed by atoms with E-state index in [1.807, 2.05) is 12.1 Å². The van der Waals surface area contributed by atoms with Gasteiger partial charge in [0.05, 0.1) is 10.9 Å². The number of benzene rings is 2. The van der Waals surface area contributed by atoms with Crippen LogP contribution in [0.25, 0.3) is 11.0 Å². The smallest absolute Gasteiger partial charge is 0.255 e. The number of nitrogens with one attached hydrogen (secondary N) is 2. The number of nitrogen functional groups attached to an aromatic ring is 1. The highest BCUT2D eigenvalue weighted by molar-refractivity contribution is 6.31. The zero-order valence-corrected chi connectivity index (χ0v) is 15.3. The van der Waals surface area contributed by atoms with E-state index in [0.717, 1.165) is 5.56 Å². The number of hydrogen-bond acceptors (Lipinski definition) is 4. The average Bonchev–Trinajstić information content (AvgIpc) is 3.11. The number of halogens is 1. The molecule has 2 heterocycles. The first-order valence-electron chi connectivity index (χ1n) is 8.37. The van der Waals surface area contributed by atoms with Crippen molar-refractivity contribution < 1.29 is 4.79 Å². The highest BCUT2D eigenvalue weighted by atomic mass is 35.5. The van der Waals surface area contributed by atoms with E-state index >= 15 is 0 Å². The molecule has 28 heavy (non-hydrogen) atoms. The van der Waals surface area contributed by atoms with E-state index in [4.69, 9.17) is 17.3 Å². The Morgan fingerprint density at radius 1 is 1.11 bits per heavy atom. The molecule has 0 unspecified atom stereocenters. The van der Waals surface area contributed by atoms with E-state index < -0.39 is 0 Å². The Hall–Kier alpha value is -3.82. The molecular weight excluding hydrogens is 374 g/mol. The summed E-state index contributed by atoms with van der Waals surface area (Å²) in [5.41, 5.74) is 9.13. The molecule has 136 valence electrons. The molecule has 0 aliphatic carbocycles. The van der Waals surface area contributed by atoms with Gasteiger partial charge in [-0.3, -0.25) is 4.79 Å². The highest BCUT2D eigenvalue weighted by Crippen LogP contribution is 2.20. The van der Waals surface area contributed by atoms with Crippen LogP contribution in [0.15, 0.2) is 61.1 Å². The maximum atomic E-state index is 12.4. The second kappa shape index (κ2) is 7.43. The monoisotopic (exact) mass is 387 g/mol. The van der Waals surface area contributed by atoms with Gasteiger partial charge in [-0.1, -0.05) is 35.6 Å². The summed E-state index contributed by atoms with van der Waals surface area (Å²) < 4.78 is 0. The van der Waals surface area contributed by atoms with Gasteiger partial charge in [-0.15, -0.1) is 0 Å². The number of hydrogen-bond donors (Lipinski definition) is 3. The molecule has 6 nitrogen and oxygen atoms in total. The summed E-state index contributed by atoms with van der Waals surface area (Å²) in [6.07, 6.45) is 3.14. The fourth-order valence-corrected chi connectivity index (χ4v) is 2.92. The third-order valence-corrected chi connectivity index (χ3v) is 4.28. The van der Waals surface area contributed by atoms with E-state index in [-0.39, 0.29) is 5.91 Å². The minimum absolute atomic E-state index is 0.242. The van der Waals surface area contributed by atoms with Gasteiger partial charge < -0.3 is 16.0 Å². The molecule has 0 fully saturated rings. The molecule has 1 amide bonds. The lowest BCUT2D eigenvalue weighted by Crippen LogP contribution is -2.11. The quantitative estimate of drug-likeness (QED) is 0.455. The van der Waals surface area contributed by atoms with E-state index in [1.54, 1.807) is 42.6 Å². The molecular formula is C21H14ClN5O. The van der Waals surface area contributed by atoms with Crippen LogP contribution in [0.4, 0.5) is 11.5 Å². The topological polar surface area (TPSA) is 96.7 Å². The van der Waals surface area contributed by atoms with Crippen LogP contribution < -0.4 is 11.1 Å². The van der Waals surface area contributed by atoms with Crippen molar-refractivity contribution in [1.29, 1.82) is 0 Å². The minimum atomic E-state index is -0.242. The number of anilines is 2. The van der Waals surface area contributed by atoms with Gasteiger partial charge in [0.2, 0.25) is 0 Å². The first-order valence-corrected chi connectivity index (χ1v) is 8.74. The maximum absolute atomic E-state index is 12.4. The number of aromatic nitrogens is 3. The fraction of sp³-hybridized carbons (Fsp3) is 0. The third-order valence-electron chi connectivity index (χ3n) is 4.05. The highest BCUT2D eigenvalue weighted by Gasteiger charge is 2.08. The van der Waals surface area contributed by atoms with Crippen LogP contribution in [0.2, 0.25) is 5.02 Å². The Balaban J connectivity index is 1.58. The number of amides is 1. The molecule has 4 N–H and O–H groups in total. The SMILES string of the molecule is Nc1ncnc2[nH]cc(C#Cc3cccc(NC(=O)c4cccc(Cl)c4)c3)c12. The van der Waals surface area contributed by atoms with Gasteiger partial charge in [-0.2, -0.15) is 0 Å². The summed E-state index contributed by atoms with van der Waals surface area (Å²) in [4.78, 5) is 23.5. The molecule has 4 rings (SSSR count). The van der Waals surface area contributed by atoms with E-state index in [9.17, 15) is 4.79 Å². The summed E-state index contributed by atoms with van der Waals surface area (Å²) in [7, 11) is 0. The Kier molecular flexibility index (Phi) is 4.67. The second-order valence-corrected chi connectivity index (χ2v) is 6.42. The Labute approximate surface area is 165 Å². The van der Waals surface area contributed by atoms with Gasteiger partial charge in [0.1, 0.15) is 17.8 Å². The Morgan fingerprint density at radius 2 is 1.96 bits per heavy atom. The molecule has 4 aromatic rings. The van der Waals surface area contributed by atoms with Crippen molar-refractivity contribution in [2.45, 2.75) is 0 Å². The van der Waals surface area contributed by atoms with Gasteiger partial charge in [0.15, 0.2) is 0 Å². The van der Waals surface area contributed by atoms with Gasteiger partial charge in [-0.25, -0.2) is 9.97 Å². The van der Waals surface area contributed by atoms with Crippen molar-refractivity contribution in [1.82, 2.24) is 15.0 Å². The van der Waals surface area contributed by atoms with Gasteiger partial charge in [0.25, 0.3) is 5.91 Å². The molecule has 0 spiro atoms. The second-order valence-electron chi connectivity index (χ2n) is 5.98. The van der Waals surface area contributed by atoms with Crippen molar-refractivity contribution in [3.8, 4) is 11.8 Å². The normalized spacial score (nSPS) is 10.3. The summed E-state index contributed by atoms with van der Waals surface area (Å²) in [6.45, 7) is 0. The van der Waals surface area contributed by atoms with E-state index in [0.29, 0.717) is 38.7 Å². The minimum Gasteiger partial charge on any atom is -0.383 e. The number of rotatable bonds is 2. The molecule has 0 saturated carbocycles. The van der Waals surface area contributed by atoms with E-state index in [2.05, 4.69) is 32.1 Å².